The van der Waals surface area contributed by atoms with Gasteiger partial charge in [0.2, 0.25) is 0 Å². The third-order valence-corrected chi connectivity index (χ3v) is 3.77. The summed E-state index contributed by atoms with van der Waals surface area (Å²) in [6, 6.07) is 12.0. The standard InChI is InChI=1S/C14H15BrN2/c1-9-11(15)5-3-7-13(9)17-14-8-4-6-12(16)10(14)2/h3-8,17H,16H2,1-2H3. The molecule has 0 aliphatic heterocycles. The molecule has 0 aromatic heterocycles. The van der Waals surface area contributed by atoms with Crippen molar-refractivity contribution < 1.29 is 0 Å². The van der Waals surface area contributed by atoms with Gasteiger partial charge in [-0.05, 0) is 49.2 Å². The van der Waals surface area contributed by atoms with Crippen molar-refractivity contribution in [2.75, 3.05) is 11.1 Å². The third kappa shape index (κ3) is 2.44. The zero-order valence-electron chi connectivity index (χ0n) is 9.92. The lowest BCUT2D eigenvalue weighted by Crippen LogP contribution is -1.98. The third-order valence-electron chi connectivity index (χ3n) is 2.91. The van der Waals surface area contributed by atoms with Crippen molar-refractivity contribution in [1.29, 1.82) is 0 Å². The van der Waals surface area contributed by atoms with Gasteiger partial charge in [0.25, 0.3) is 0 Å². The maximum Gasteiger partial charge on any atom is 0.0434 e. The van der Waals surface area contributed by atoms with Crippen LogP contribution in [0.25, 0.3) is 0 Å². The molecule has 0 bridgehead atoms. The van der Waals surface area contributed by atoms with Crippen LogP contribution in [0.1, 0.15) is 11.1 Å². The molecule has 0 fully saturated rings. The molecule has 0 saturated heterocycles. The van der Waals surface area contributed by atoms with E-state index in [0.29, 0.717) is 0 Å². The van der Waals surface area contributed by atoms with E-state index in [9.17, 15) is 0 Å². The molecule has 0 heterocycles. The molecule has 0 spiro atoms. The van der Waals surface area contributed by atoms with Crippen LogP contribution in [-0.4, -0.2) is 0 Å². The highest BCUT2D eigenvalue weighted by Crippen LogP contribution is 2.29. The lowest BCUT2D eigenvalue weighted by Gasteiger charge is -2.14. The van der Waals surface area contributed by atoms with Gasteiger partial charge < -0.3 is 11.1 Å². The van der Waals surface area contributed by atoms with Gasteiger partial charge in [-0.3, -0.25) is 0 Å². The summed E-state index contributed by atoms with van der Waals surface area (Å²) in [7, 11) is 0. The van der Waals surface area contributed by atoms with Crippen LogP contribution in [0.4, 0.5) is 17.1 Å². The number of hydrogen-bond donors (Lipinski definition) is 2. The van der Waals surface area contributed by atoms with Crippen LogP contribution >= 0.6 is 15.9 Å². The van der Waals surface area contributed by atoms with E-state index in [-0.39, 0.29) is 0 Å². The van der Waals surface area contributed by atoms with Crippen molar-refractivity contribution in [3.8, 4) is 0 Å². The predicted molar refractivity (Wildman–Crippen MR) is 77.8 cm³/mol. The summed E-state index contributed by atoms with van der Waals surface area (Å²) < 4.78 is 1.10. The van der Waals surface area contributed by atoms with Crippen molar-refractivity contribution >= 4 is 33.0 Å². The number of nitrogens with one attached hydrogen (secondary N) is 1. The van der Waals surface area contributed by atoms with Crippen LogP contribution in [-0.2, 0) is 0 Å². The molecule has 0 radical (unpaired) electrons. The highest BCUT2D eigenvalue weighted by molar-refractivity contribution is 9.10. The molecule has 0 amide bonds. The largest absolute Gasteiger partial charge is 0.398 e. The van der Waals surface area contributed by atoms with E-state index in [1.807, 2.05) is 37.3 Å². The molecule has 3 heteroatoms. The van der Waals surface area contributed by atoms with Gasteiger partial charge in [0.1, 0.15) is 0 Å². The number of hydrogen-bond acceptors (Lipinski definition) is 2. The molecule has 0 aliphatic carbocycles. The Morgan fingerprint density at radius 2 is 1.53 bits per heavy atom. The van der Waals surface area contributed by atoms with Crippen molar-refractivity contribution in [2.45, 2.75) is 13.8 Å². The molecule has 0 saturated carbocycles. The van der Waals surface area contributed by atoms with Crippen LogP contribution in [0, 0.1) is 13.8 Å². The minimum absolute atomic E-state index is 0.808. The van der Waals surface area contributed by atoms with Crippen molar-refractivity contribution in [2.24, 2.45) is 0 Å². The molecule has 2 aromatic rings. The lowest BCUT2D eigenvalue weighted by molar-refractivity contribution is 1.38. The molecule has 2 rings (SSSR count). The molecule has 0 unspecified atom stereocenters. The Bertz CT molecular complexity index is 500. The second kappa shape index (κ2) is 4.80. The second-order valence-corrected chi connectivity index (χ2v) is 4.91. The number of nitrogen functional groups attached to an aromatic ring is 1. The second-order valence-electron chi connectivity index (χ2n) is 4.06. The Kier molecular flexibility index (Phi) is 3.38. The summed E-state index contributed by atoms with van der Waals surface area (Å²) in [6.07, 6.45) is 0. The van der Waals surface area contributed by atoms with Crippen LogP contribution in [0.3, 0.4) is 0 Å². The normalized spacial score (nSPS) is 10.3. The maximum atomic E-state index is 5.89. The van der Waals surface area contributed by atoms with E-state index < -0.39 is 0 Å². The van der Waals surface area contributed by atoms with Crippen LogP contribution < -0.4 is 11.1 Å². The van der Waals surface area contributed by atoms with Gasteiger partial charge >= 0.3 is 0 Å². The van der Waals surface area contributed by atoms with E-state index >= 15 is 0 Å². The van der Waals surface area contributed by atoms with Crippen LogP contribution in [0.5, 0.6) is 0 Å². The summed E-state index contributed by atoms with van der Waals surface area (Å²) in [5, 5.41) is 3.41. The number of anilines is 3. The number of nitrogens with two attached hydrogens (primary N) is 1. The lowest BCUT2D eigenvalue weighted by atomic mass is 10.1. The number of benzene rings is 2. The quantitative estimate of drug-likeness (QED) is 0.805. The van der Waals surface area contributed by atoms with Crippen molar-refractivity contribution in [1.82, 2.24) is 0 Å². The summed E-state index contributed by atoms with van der Waals surface area (Å²) in [5.41, 5.74) is 11.1. The first-order valence-electron chi connectivity index (χ1n) is 5.47. The van der Waals surface area contributed by atoms with E-state index in [1.54, 1.807) is 0 Å². The van der Waals surface area contributed by atoms with Gasteiger partial charge in [0.15, 0.2) is 0 Å². The fourth-order valence-electron chi connectivity index (χ4n) is 1.68. The Morgan fingerprint density at radius 1 is 0.941 bits per heavy atom. The van der Waals surface area contributed by atoms with Gasteiger partial charge in [0, 0.05) is 21.5 Å². The fourth-order valence-corrected chi connectivity index (χ4v) is 2.04. The summed E-state index contributed by atoms with van der Waals surface area (Å²) in [4.78, 5) is 0. The zero-order valence-corrected chi connectivity index (χ0v) is 11.5. The van der Waals surface area contributed by atoms with E-state index in [4.69, 9.17) is 5.73 Å². The highest BCUT2D eigenvalue weighted by atomic mass is 79.9. The monoisotopic (exact) mass is 290 g/mol. The number of halogens is 1. The first kappa shape index (κ1) is 12.0. The molecule has 2 aromatic carbocycles. The van der Waals surface area contributed by atoms with Crippen LogP contribution in [0.15, 0.2) is 40.9 Å². The maximum absolute atomic E-state index is 5.89. The molecular formula is C14H15BrN2. The minimum atomic E-state index is 0.808. The Morgan fingerprint density at radius 3 is 2.24 bits per heavy atom. The first-order chi connectivity index (χ1) is 8.09. The van der Waals surface area contributed by atoms with Gasteiger partial charge in [0.05, 0.1) is 0 Å². The first-order valence-corrected chi connectivity index (χ1v) is 6.26. The average Bonchev–Trinajstić information content (AvgIpc) is 2.31. The van der Waals surface area contributed by atoms with Gasteiger partial charge in [-0.15, -0.1) is 0 Å². The highest BCUT2D eigenvalue weighted by Gasteiger charge is 2.05. The molecular weight excluding hydrogens is 276 g/mol. The van der Waals surface area contributed by atoms with Gasteiger partial charge in [-0.2, -0.15) is 0 Å². The van der Waals surface area contributed by atoms with E-state index in [2.05, 4.69) is 34.2 Å². The molecule has 2 nitrogen and oxygen atoms in total. The topological polar surface area (TPSA) is 38.0 Å². The Balaban J connectivity index is 2.38. The average molecular weight is 291 g/mol. The molecule has 0 atom stereocenters. The molecule has 17 heavy (non-hydrogen) atoms. The van der Waals surface area contributed by atoms with Crippen LogP contribution in [0.2, 0.25) is 0 Å². The van der Waals surface area contributed by atoms with Crippen molar-refractivity contribution in [3.05, 3.63) is 52.0 Å². The molecule has 3 N–H and O–H groups in total. The summed E-state index contributed by atoms with van der Waals surface area (Å²) in [6.45, 7) is 4.10. The Labute approximate surface area is 110 Å². The zero-order chi connectivity index (χ0) is 12.4. The van der Waals surface area contributed by atoms with Crippen molar-refractivity contribution in [3.63, 3.8) is 0 Å². The molecule has 0 aliphatic rings. The van der Waals surface area contributed by atoms with E-state index in [0.717, 1.165) is 27.1 Å². The fraction of sp³-hybridized carbons (Fsp3) is 0.143. The van der Waals surface area contributed by atoms with E-state index in [1.165, 1.54) is 5.56 Å². The summed E-state index contributed by atoms with van der Waals surface area (Å²) in [5.74, 6) is 0. The summed E-state index contributed by atoms with van der Waals surface area (Å²) >= 11 is 3.53. The smallest absolute Gasteiger partial charge is 0.0434 e. The minimum Gasteiger partial charge on any atom is -0.398 e. The SMILES string of the molecule is Cc1c(N)cccc1Nc1cccc(Br)c1C. The Hall–Kier alpha value is -1.48. The van der Waals surface area contributed by atoms with Gasteiger partial charge in [-0.25, -0.2) is 0 Å². The molecule has 88 valence electrons. The van der Waals surface area contributed by atoms with Gasteiger partial charge in [-0.1, -0.05) is 28.1 Å². The predicted octanol–water partition coefficient (Wildman–Crippen LogP) is 4.39. The number of rotatable bonds is 2.